The Balaban J connectivity index is 2.72. The van der Waals surface area contributed by atoms with Crippen molar-refractivity contribution in [3.63, 3.8) is 0 Å². The van der Waals surface area contributed by atoms with Crippen LogP contribution in [0.5, 0.6) is 0 Å². The van der Waals surface area contributed by atoms with Crippen molar-refractivity contribution in [2.75, 3.05) is 27.2 Å². The van der Waals surface area contributed by atoms with Crippen LogP contribution in [0.4, 0.5) is 0 Å². The Morgan fingerprint density at radius 2 is 2.10 bits per heavy atom. The SMILES string of the molecule is Cc1ccc(Br)c(S(=O)(=O)NCCN=C(N)N(C)C)c1. The molecule has 0 fully saturated rings. The summed E-state index contributed by atoms with van der Waals surface area (Å²) in [5, 5.41) is 0. The van der Waals surface area contributed by atoms with Crippen LogP contribution in [-0.4, -0.2) is 46.5 Å². The second kappa shape index (κ2) is 7.05. The van der Waals surface area contributed by atoms with Gasteiger partial charge in [-0.2, -0.15) is 0 Å². The summed E-state index contributed by atoms with van der Waals surface area (Å²) >= 11 is 3.24. The fourth-order valence-corrected chi connectivity index (χ4v) is 3.45. The Bertz CT molecular complexity index is 599. The fourth-order valence-electron chi connectivity index (χ4n) is 1.39. The number of rotatable bonds is 5. The van der Waals surface area contributed by atoms with Crippen molar-refractivity contribution in [3.05, 3.63) is 28.2 Å². The van der Waals surface area contributed by atoms with Gasteiger partial charge in [0.2, 0.25) is 10.0 Å². The van der Waals surface area contributed by atoms with Gasteiger partial charge in [0.15, 0.2) is 5.96 Å². The number of nitrogens with one attached hydrogen (secondary N) is 1. The standard InChI is InChI=1S/C12H19BrN4O2S/c1-9-4-5-10(13)11(8-9)20(18,19)16-7-6-15-12(14)17(2)3/h4-5,8,16H,6-7H2,1-3H3,(H2,14,15). The summed E-state index contributed by atoms with van der Waals surface area (Å²) in [4.78, 5) is 5.92. The van der Waals surface area contributed by atoms with E-state index in [4.69, 9.17) is 5.73 Å². The van der Waals surface area contributed by atoms with Crippen molar-refractivity contribution in [3.8, 4) is 0 Å². The highest BCUT2D eigenvalue weighted by molar-refractivity contribution is 9.10. The van der Waals surface area contributed by atoms with Crippen LogP contribution in [0.1, 0.15) is 5.56 Å². The van der Waals surface area contributed by atoms with Gasteiger partial charge >= 0.3 is 0 Å². The van der Waals surface area contributed by atoms with E-state index < -0.39 is 10.0 Å². The Morgan fingerprint density at radius 1 is 1.45 bits per heavy atom. The minimum atomic E-state index is -3.55. The summed E-state index contributed by atoms with van der Waals surface area (Å²) in [6.45, 7) is 2.32. The average Bonchev–Trinajstić information content (AvgIpc) is 2.37. The molecule has 1 aromatic carbocycles. The van der Waals surface area contributed by atoms with Crippen molar-refractivity contribution in [1.82, 2.24) is 9.62 Å². The average molecular weight is 363 g/mol. The summed E-state index contributed by atoms with van der Waals surface area (Å²) in [6.07, 6.45) is 0. The summed E-state index contributed by atoms with van der Waals surface area (Å²) in [6, 6.07) is 5.17. The molecule has 0 amide bonds. The number of halogens is 1. The molecule has 0 aromatic heterocycles. The second-order valence-electron chi connectivity index (χ2n) is 4.47. The minimum absolute atomic E-state index is 0.192. The van der Waals surface area contributed by atoms with Crippen LogP contribution in [0.25, 0.3) is 0 Å². The van der Waals surface area contributed by atoms with E-state index >= 15 is 0 Å². The van der Waals surface area contributed by atoms with Crippen LogP contribution in [-0.2, 0) is 10.0 Å². The van der Waals surface area contributed by atoms with E-state index in [9.17, 15) is 8.42 Å². The van der Waals surface area contributed by atoms with Gasteiger partial charge in [-0.05, 0) is 40.5 Å². The third-order valence-electron chi connectivity index (χ3n) is 2.51. The van der Waals surface area contributed by atoms with Crippen LogP contribution in [0.15, 0.2) is 32.6 Å². The second-order valence-corrected chi connectivity index (χ2v) is 7.06. The highest BCUT2D eigenvalue weighted by atomic mass is 79.9. The Labute approximate surface area is 128 Å². The van der Waals surface area contributed by atoms with Gasteiger partial charge in [-0.1, -0.05) is 6.07 Å². The van der Waals surface area contributed by atoms with E-state index in [2.05, 4.69) is 25.6 Å². The molecule has 8 heteroatoms. The largest absolute Gasteiger partial charge is 0.370 e. The minimum Gasteiger partial charge on any atom is -0.370 e. The molecule has 20 heavy (non-hydrogen) atoms. The van der Waals surface area contributed by atoms with Crippen molar-refractivity contribution < 1.29 is 8.42 Å². The topological polar surface area (TPSA) is 87.8 Å². The van der Waals surface area contributed by atoms with Gasteiger partial charge in [0, 0.05) is 25.1 Å². The molecular formula is C12H19BrN4O2S. The van der Waals surface area contributed by atoms with Crippen LogP contribution < -0.4 is 10.5 Å². The monoisotopic (exact) mass is 362 g/mol. The maximum atomic E-state index is 12.2. The number of nitrogens with zero attached hydrogens (tertiary/aromatic N) is 2. The maximum absolute atomic E-state index is 12.2. The molecule has 1 rings (SSSR count). The van der Waals surface area contributed by atoms with Gasteiger partial charge in [-0.15, -0.1) is 0 Å². The highest BCUT2D eigenvalue weighted by Gasteiger charge is 2.16. The first kappa shape index (κ1) is 16.9. The van der Waals surface area contributed by atoms with Gasteiger partial charge in [0.1, 0.15) is 0 Å². The van der Waals surface area contributed by atoms with Crippen LogP contribution in [0.2, 0.25) is 0 Å². The van der Waals surface area contributed by atoms with Crippen LogP contribution in [0, 0.1) is 6.92 Å². The molecule has 0 saturated carbocycles. The van der Waals surface area contributed by atoms with Crippen LogP contribution >= 0.6 is 15.9 Å². The van der Waals surface area contributed by atoms with Gasteiger partial charge in [0.05, 0.1) is 11.4 Å². The molecule has 0 aliphatic carbocycles. The van der Waals surface area contributed by atoms with Crippen molar-refractivity contribution >= 4 is 31.9 Å². The summed E-state index contributed by atoms with van der Waals surface area (Å²) in [5.41, 5.74) is 6.49. The summed E-state index contributed by atoms with van der Waals surface area (Å²) in [5.74, 6) is 0.362. The number of sulfonamides is 1. The lowest BCUT2D eigenvalue weighted by Crippen LogP contribution is -2.32. The lowest BCUT2D eigenvalue weighted by atomic mass is 10.2. The predicted octanol–water partition coefficient (Wildman–Crippen LogP) is 0.912. The highest BCUT2D eigenvalue weighted by Crippen LogP contribution is 2.22. The van der Waals surface area contributed by atoms with Crippen molar-refractivity contribution in [2.24, 2.45) is 10.7 Å². The first-order valence-electron chi connectivity index (χ1n) is 5.97. The normalized spacial score (nSPS) is 12.5. The van der Waals surface area contributed by atoms with E-state index in [1.54, 1.807) is 31.1 Å². The molecule has 0 unspecified atom stereocenters. The number of benzene rings is 1. The third-order valence-corrected chi connectivity index (χ3v) is 4.97. The third kappa shape index (κ3) is 4.77. The molecule has 0 spiro atoms. The number of hydrogen-bond acceptors (Lipinski definition) is 3. The quantitative estimate of drug-likeness (QED) is 0.463. The first-order valence-corrected chi connectivity index (χ1v) is 8.24. The molecule has 0 atom stereocenters. The molecule has 0 aliphatic rings. The Hall–Kier alpha value is -1.12. The molecule has 1 aromatic rings. The molecule has 0 aliphatic heterocycles. The Morgan fingerprint density at radius 3 is 2.70 bits per heavy atom. The first-order chi connectivity index (χ1) is 9.24. The lowest BCUT2D eigenvalue weighted by molar-refractivity contribution is 0.580. The van der Waals surface area contributed by atoms with Gasteiger partial charge < -0.3 is 10.6 Å². The van der Waals surface area contributed by atoms with Gasteiger partial charge in [0.25, 0.3) is 0 Å². The smallest absolute Gasteiger partial charge is 0.241 e. The van der Waals surface area contributed by atoms with E-state index in [1.807, 2.05) is 13.0 Å². The van der Waals surface area contributed by atoms with E-state index in [-0.39, 0.29) is 18.0 Å². The number of aryl methyl sites for hydroxylation is 1. The molecule has 0 bridgehead atoms. The summed E-state index contributed by atoms with van der Waals surface area (Å²) < 4.78 is 27.3. The molecule has 0 saturated heterocycles. The molecule has 0 radical (unpaired) electrons. The molecule has 0 heterocycles. The Kier molecular flexibility index (Phi) is 5.97. The van der Waals surface area contributed by atoms with Crippen molar-refractivity contribution in [1.29, 1.82) is 0 Å². The molecule has 112 valence electrons. The molecular weight excluding hydrogens is 344 g/mol. The number of nitrogens with two attached hydrogens (primary N) is 1. The van der Waals surface area contributed by atoms with Gasteiger partial charge in [-0.3, -0.25) is 4.99 Å². The molecule has 6 nitrogen and oxygen atoms in total. The van der Waals surface area contributed by atoms with E-state index in [0.29, 0.717) is 10.4 Å². The van der Waals surface area contributed by atoms with Gasteiger partial charge in [-0.25, -0.2) is 13.1 Å². The fraction of sp³-hybridized carbons (Fsp3) is 0.417. The summed E-state index contributed by atoms with van der Waals surface area (Å²) in [7, 11) is -0.0108. The lowest BCUT2D eigenvalue weighted by Gasteiger charge is -2.11. The predicted molar refractivity (Wildman–Crippen MR) is 84.2 cm³/mol. The number of hydrogen-bond donors (Lipinski definition) is 2. The van der Waals surface area contributed by atoms with Crippen molar-refractivity contribution in [2.45, 2.75) is 11.8 Å². The van der Waals surface area contributed by atoms with Crippen LogP contribution in [0.3, 0.4) is 0 Å². The maximum Gasteiger partial charge on any atom is 0.241 e. The van der Waals surface area contributed by atoms with E-state index in [0.717, 1.165) is 5.56 Å². The zero-order chi connectivity index (χ0) is 15.3. The number of aliphatic imine (C=N–C) groups is 1. The zero-order valence-corrected chi connectivity index (χ0v) is 14.1. The number of guanidine groups is 1. The molecule has 3 N–H and O–H groups in total. The zero-order valence-electron chi connectivity index (χ0n) is 11.7. The van der Waals surface area contributed by atoms with E-state index in [1.165, 1.54) is 0 Å².